The van der Waals surface area contributed by atoms with Gasteiger partial charge in [0.1, 0.15) is 0 Å². The zero-order chi connectivity index (χ0) is 33.7. The fraction of sp³-hybridized carbons (Fsp3) is 0.167. The van der Waals surface area contributed by atoms with Gasteiger partial charge in [-0.3, -0.25) is 0 Å². The summed E-state index contributed by atoms with van der Waals surface area (Å²) in [5.41, 5.74) is 20.4. The second kappa shape index (κ2) is 9.86. The van der Waals surface area contributed by atoms with Gasteiger partial charge in [0.05, 0.1) is 22.8 Å². The van der Waals surface area contributed by atoms with Gasteiger partial charge in [-0.05, 0) is 140 Å². The molecular formula is C48H34N4. The molecule has 0 amide bonds. The molecule has 4 heteroatoms. The summed E-state index contributed by atoms with van der Waals surface area (Å²) >= 11 is 0. The Kier molecular flexibility index (Phi) is 5.25. The minimum Gasteiger partial charge on any atom is -0.355 e. The Bertz CT molecular complexity index is 2610. The van der Waals surface area contributed by atoms with Gasteiger partial charge in [-0.2, -0.15) is 0 Å². The molecule has 3 aromatic heterocycles. The van der Waals surface area contributed by atoms with Gasteiger partial charge in [-0.25, -0.2) is 9.97 Å². The molecule has 2 N–H and O–H groups in total. The van der Waals surface area contributed by atoms with Gasteiger partial charge >= 0.3 is 0 Å². The van der Waals surface area contributed by atoms with Crippen LogP contribution >= 0.6 is 0 Å². The molecule has 0 saturated carbocycles. The fourth-order valence-electron chi connectivity index (χ4n) is 11.0. The minimum atomic E-state index is 0.352. The summed E-state index contributed by atoms with van der Waals surface area (Å²) in [6.45, 7) is 0. The van der Waals surface area contributed by atoms with E-state index in [9.17, 15) is 0 Å². The van der Waals surface area contributed by atoms with Crippen molar-refractivity contribution in [3.63, 3.8) is 0 Å². The van der Waals surface area contributed by atoms with E-state index in [0.717, 1.165) is 70.5 Å². The first-order valence-corrected chi connectivity index (χ1v) is 18.9. The van der Waals surface area contributed by atoms with E-state index in [1.165, 1.54) is 66.1 Å². The molecular weight excluding hydrogens is 633 g/mol. The third-order valence-corrected chi connectivity index (χ3v) is 13.1. The second-order valence-electron chi connectivity index (χ2n) is 15.8. The predicted molar refractivity (Wildman–Crippen MR) is 212 cm³/mol. The first kappa shape index (κ1) is 27.7. The Labute approximate surface area is 300 Å². The number of fused-ring (bicyclic) bond motifs is 12. The van der Waals surface area contributed by atoms with Crippen LogP contribution in [-0.2, 0) is 0 Å². The number of hydrogen-bond donors (Lipinski definition) is 2. The Morgan fingerprint density at radius 1 is 0.346 bits per heavy atom. The molecule has 7 aromatic rings. The van der Waals surface area contributed by atoms with Crippen molar-refractivity contribution in [2.75, 3.05) is 0 Å². The van der Waals surface area contributed by atoms with Gasteiger partial charge in [0.2, 0.25) is 0 Å². The molecule has 4 atom stereocenters. The van der Waals surface area contributed by atoms with Crippen molar-refractivity contribution in [1.82, 2.24) is 19.9 Å². The Morgan fingerprint density at radius 3 is 0.885 bits per heavy atom. The summed E-state index contributed by atoms with van der Waals surface area (Å²) in [6, 6.07) is 45.5. The van der Waals surface area contributed by atoms with Crippen molar-refractivity contribution in [2.45, 2.75) is 49.4 Å². The van der Waals surface area contributed by atoms with Crippen molar-refractivity contribution in [1.29, 1.82) is 0 Å². The van der Waals surface area contributed by atoms with E-state index in [1.54, 1.807) is 0 Å². The number of benzene rings is 4. The maximum absolute atomic E-state index is 5.45. The smallest absolute Gasteiger partial charge is 0.0699 e. The summed E-state index contributed by atoms with van der Waals surface area (Å²) in [4.78, 5) is 18.4. The monoisotopic (exact) mass is 666 g/mol. The summed E-state index contributed by atoms with van der Waals surface area (Å²) in [5, 5.41) is 5.31. The summed E-state index contributed by atoms with van der Waals surface area (Å²) in [6.07, 6.45) is 4.66. The van der Waals surface area contributed by atoms with Crippen LogP contribution < -0.4 is 0 Å². The molecule has 52 heavy (non-hydrogen) atoms. The van der Waals surface area contributed by atoms with Gasteiger partial charge < -0.3 is 9.97 Å². The lowest BCUT2D eigenvalue weighted by atomic mass is 9.63. The number of aromatic nitrogens is 4. The van der Waals surface area contributed by atoms with Crippen LogP contribution in [0.15, 0.2) is 121 Å². The van der Waals surface area contributed by atoms with Crippen molar-refractivity contribution in [2.24, 2.45) is 0 Å². The van der Waals surface area contributed by atoms with Crippen molar-refractivity contribution in [3.8, 4) is 0 Å². The number of hydrogen-bond acceptors (Lipinski definition) is 2. The van der Waals surface area contributed by atoms with Crippen molar-refractivity contribution >= 4 is 65.9 Å². The first-order chi connectivity index (χ1) is 25.7. The van der Waals surface area contributed by atoms with Crippen LogP contribution in [0.3, 0.4) is 0 Å². The summed E-state index contributed by atoms with van der Waals surface area (Å²) in [7, 11) is 0. The van der Waals surface area contributed by atoms with Crippen LogP contribution in [0.5, 0.6) is 0 Å². The van der Waals surface area contributed by atoms with Gasteiger partial charge in [0.15, 0.2) is 0 Å². The Morgan fingerprint density at radius 2 is 0.615 bits per heavy atom. The number of nitrogens with zero attached hydrogens (tertiary/aromatic N) is 2. The quantitative estimate of drug-likeness (QED) is 0.169. The van der Waals surface area contributed by atoms with Gasteiger partial charge in [-0.15, -0.1) is 0 Å². The number of rotatable bonds is 0. The molecule has 8 aliphatic rings. The SMILES string of the molecule is c1ccc2cc3c(cc2c1)C1CCC3C2=C1c1cc3ccc(cc4nc(cc5ccc(cc2n1)[nH]5)C1=C4C2CCC1c1cc4ccccc4cc12)[nH]3. The topological polar surface area (TPSA) is 57.4 Å². The van der Waals surface area contributed by atoms with E-state index in [-0.39, 0.29) is 0 Å². The molecule has 4 aromatic carbocycles. The van der Waals surface area contributed by atoms with Crippen LogP contribution in [0.1, 0.15) is 94.4 Å². The van der Waals surface area contributed by atoms with Crippen LogP contribution in [-0.4, -0.2) is 19.9 Å². The molecule has 6 aliphatic carbocycles. The highest BCUT2D eigenvalue weighted by Gasteiger charge is 2.45. The zero-order valence-corrected chi connectivity index (χ0v) is 28.6. The lowest BCUT2D eigenvalue weighted by Crippen LogP contribution is -2.22. The van der Waals surface area contributed by atoms with Crippen LogP contribution in [0.4, 0.5) is 0 Å². The van der Waals surface area contributed by atoms with Crippen molar-refractivity contribution in [3.05, 3.63) is 166 Å². The van der Waals surface area contributed by atoms with Gasteiger partial charge in [0.25, 0.3) is 0 Å². The second-order valence-corrected chi connectivity index (χ2v) is 15.8. The highest BCUT2D eigenvalue weighted by molar-refractivity contribution is 6.04. The average molecular weight is 667 g/mol. The van der Waals surface area contributed by atoms with E-state index >= 15 is 0 Å². The molecule has 0 saturated heterocycles. The normalized spacial score (nSPS) is 22.2. The first-order valence-electron chi connectivity index (χ1n) is 18.9. The molecule has 15 rings (SSSR count). The maximum atomic E-state index is 5.45. The van der Waals surface area contributed by atoms with Crippen molar-refractivity contribution < 1.29 is 0 Å². The zero-order valence-electron chi connectivity index (χ0n) is 28.6. The van der Waals surface area contributed by atoms with Crippen LogP contribution in [0, 0.1) is 0 Å². The number of H-pyrrole nitrogens is 2. The van der Waals surface area contributed by atoms with E-state index < -0.39 is 0 Å². The van der Waals surface area contributed by atoms with E-state index in [2.05, 4.69) is 131 Å². The van der Waals surface area contributed by atoms with E-state index in [0.29, 0.717) is 23.7 Å². The van der Waals surface area contributed by atoms with Gasteiger partial charge in [-0.1, -0.05) is 72.8 Å². The van der Waals surface area contributed by atoms with Crippen LogP contribution in [0.2, 0.25) is 0 Å². The molecule has 5 heterocycles. The largest absolute Gasteiger partial charge is 0.355 e. The highest BCUT2D eigenvalue weighted by atomic mass is 14.8. The predicted octanol–water partition coefficient (Wildman–Crippen LogP) is 11.8. The third-order valence-electron chi connectivity index (χ3n) is 13.1. The summed E-state index contributed by atoms with van der Waals surface area (Å²) < 4.78 is 0. The van der Waals surface area contributed by atoms with E-state index in [1.807, 2.05) is 0 Å². The molecule has 0 radical (unpaired) electrons. The molecule has 0 spiro atoms. The Balaban J connectivity index is 1.03. The lowest BCUT2D eigenvalue weighted by molar-refractivity contribution is 0.581. The van der Waals surface area contributed by atoms with Gasteiger partial charge in [0, 0.05) is 45.7 Å². The maximum Gasteiger partial charge on any atom is 0.0699 e. The van der Waals surface area contributed by atoms with Crippen LogP contribution in [0.25, 0.3) is 65.9 Å². The molecule has 4 unspecified atom stereocenters. The standard InChI is InChI=1S/C48H34N4/c1-2-6-26-18-38-34-14-13-33(37(38)17-25(26)5-1)45-41-21-29-9-10-31(49-29)23-43-47-35-15-16-36(40-20-28-8-4-3-7-27(28)19-39(35)40)48(47)44(52-43)24-32-12-11-30(50-32)22-42(51-41)46(34)45/h1-12,17-24,33-36,49-50H,13-16H2. The lowest BCUT2D eigenvalue weighted by Gasteiger charge is -2.40. The third kappa shape index (κ3) is 3.71. The van der Waals surface area contributed by atoms with E-state index in [4.69, 9.17) is 9.97 Å². The molecule has 246 valence electrons. The highest BCUT2D eigenvalue weighted by Crippen LogP contribution is 2.62. The summed E-state index contributed by atoms with van der Waals surface area (Å²) in [5.74, 6) is 1.41. The molecule has 2 aliphatic heterocycles. The minimum absolute atomic E-state index is 0.352. The number of aromatic amines is 2. The number of nitrogens with one attached hydrogen (secondary N) is 2. The number of allylic oxidation sites excluding steroid dienone is 4. The average Bonchev–Trinajstić information content (AvgIpc) is 3.98. The molecule has 4 nitrogen and oxygen atoms in total. The molecule has 0 fully saturated rings. The fourth-order valence-corrected chi connectivity index (χ4v) is 11.0. The Hall–Kier alpha value is -6.00. The molecule has 12 bridgehead atoms.